The first kappa shape index (κ1) is 59.9. The average Bonchev–Trinajstić information content (AvgIpc) is 4.40. The Kier molecular flexibility index (Phi) is 18.2. The third-order valence-corrected chi connectivity index (χ3v) is 15.1. The van der Waals surface area contributed by atoms with Crippen molar-refractivity contribution in [3.8, 4) is 11.1 Å². The molecule has 432 valence electrons. The topological polar surface area (TPSA) is 244 Å². The monoisotopic (exact) mass is 1120 g/mol. The second-order valence-electron chi connectivity index (χ2n) is 21.3. The molecule has 2 bridgehead atoms. The molecule has 3 aromatic rings. The Morgan fingerprint density at radius 1 is 0.772 bits per heavy atom. The second kappa shape index (κ2) is 23.9. The van der Waals surface area contributed by atoms with E-state index in [1.54, 1.807) is 35.8 Å². The van der Waals surface area contributed by atoms with Crippen molar-refractivity contribution in [2.24, 2.45) is 16.7 Å². The lowest BCUT2D eigenvalue weighted by Crippen LogP contribution is -2.63. The summed E-state index contributed by atoms with van der Waals surface area (Å²) in [5, 5.41) is 34.9. The highest BCUT2D eigenvalue weighted by Gasteiger charge is 2.57. The SMILES string of the molecule is COC(=O)N[C@H](C(=O)N[C@@H](Cc1ccc(-c2ccc(N3CC4CCC(C3)N4C3COC3)nc2)cc1)[C@@H](O)CN(Cc1c(F)cc(C(=N)OC(=N)C2CC2)cc1F)NC(=O)[C@@H](NC(=O)OC)C(C)(C)C(F)(F)F)C(C)(C)C(F)(F)F. The molecular weight excluding hydrogens is 1060 g/mol. The first-order valence-electron chi connectivity index (χ1n) is 25.4. The number of nitrogens with zero attached hydrogens (tertiary/aromatic N) is 4. The van der Waals surface area contributed by atoms with E-state index >= 15 is 8.78 Å². The number of benzene rings is 2. The van der Waals surface area contributed by atoms with Crippen LogP contribution in [-0.2, 0) is 41.5 Å². The van der Waals surface area contributed by atoms with Gasteiger partial charge in [-0.05, 0) is 95.2 Å². The van der Waals surface area contributed by atoms with Crippen molar-refractivity contribution in [3.05, 3.63) is 83.1 Å². The molecule has 1 aromatic heterocycles. The standard InChI is InChI=1S/C52H64F8N10O9/c1-49(2,51(55,56)57)41(65-47(74)76-5)45(72)64-38(17-27-7-9-28(10-8-27)30-13-16-40(63-20-30)68-21-32-14-15-33(22-68)70(32)34-25-78-26-34)39(71)24-69(67-46(73)42(66-48(75)77-6)50(3,4)52(58,59)60)23-35-36(53)18-31(19-37(35)54)44(62)79-43(61)29-11-12-29/h7-10,13,16,18-20,29,32-34,38-39,41-42,61-62,71H,11-12,14-15,17,21-26H2,1-6H3,(H,64,72)(H,65,74)(H,66,75)(H,67,73)/t32?,33?,38-,39-,41+,42+/m0/s1. The number of piperazine rings is 1. The van der Waals surface area contributed by atoms with Gasteiger partial charge in [-0.1, -0.05) is 24.3 Å². The zero-order valence-electron chi connectivity index (χ0n) is 44.1. The Bertz CT molecular complexity index is 2690. The van der Waals surface area contributed by atoms with Gasteiger partial charge in [0, 0.05) is 67.1 Å². The van der Waals surface area contributed by atoms with Crippen molar-refractivity contribution >= 4 is 41.6 Å². The highest BCUT2D eigenvalue weighted by molar-refractivity contribution is 6.00. The maximum atomic E-state index is 16.1. The minimum absolute atomic E-state index is 0.280. The lowest BCUT2D eigenvalue weighted by atomic mass is 9.82. The summed E-state index contributed by atoms with van der Waals surface area (Å²) in [7, 11) is 1.64. The fraction of sp³-hybridized carbons (Fsp3) is 0.558. The summed E-state index contributed by atoms with van der Waals surface area (Å²) < 4.78 is 139. The van der Waals surface area contributed by atoms with Crippen molar-refractivity contribution < 1.29 is 78.4 Å². The highest BCUT2D eigenvalue weighted by Crippen LogP contribution is 2.42. The van der Waals surface area contributed by atoms with Crippen LogP contribution in [0.4, 0.5) is 50.5 Å². The number of anilines is 1. The number of rotatable bonds is 20. The quantitative estimate of drug-likeness (QED) is 0.0283. The van der Waals surface area contributed by atoms with Crippen LogP contribution in [0, 0.1) is 39.2 Å². The minimum atomic E-state index is -5.21. The summed E-state index contributed by atoms with van der Waals surface area (Å²) in [6.45, 7) is 3.26. The summed E-state index contributed by atoms with van der Waals surface area (Å²) in [6, 6.07) is 6.08. The Morgan fingerprint density at radius 3 is 1.77 bits per heavy atom. The van der Waals surface area contributed by atoms with Gasteiger partial charge in [0.2, 0.25) is 11.8 Å². The van der Waals surface area contributed by atoms with E-state index in [2.05, 4.69) is 30.0 Å². The van der Waals surface area contributed by atoms with Crippen LogP contribution in [0.25, 0.3) is 11.1 Å². The first-order valence-corrected chi connectivity index (χ1v) is 25.4. The molecule has 79 heavy (non-hydrogen) atoms. The molecule has 0 radical (unpaired) electrons. The number of nitrogens with one attached hydrogen (secondary N) is 6. The molecule has 4 aliphatic rings. The number of ether oxygens (including phenoxy) is 4. The summed E-state index contributed by atoms with van der Waals surface area (Å²) >= 11 is 0. The molecule has 27 heteroatoms. The molecule has 0 spiro atoms. The maximum absolute atomic E-state index is 16.1. The Morgan fingerprint density at radius 2 is 1.30 bits per heavy atom. The van der Waals surface area contributed by atoms with E-state index in [1.807, 2.05) is 17.4 Å². The molecule has 3 aliphatic heterocycles. The van der Waals surface area contributed by atoms with E-state index in [0.29, 0.717) is 92.5 Å². The van der Waals surface area contributed by atoms with Crippen molar-refractivity contribution in [2.75, 3.05) is 52.0 Å². The molecule has 6 atom stereocenters. The molecule has 4 fully saturated rings. The van der Waals surface area contributed by atoms with Gasteiger partial charge in [-0.3, -0.25) is 30.7 Å². The molecule has 3 saturated heterocycles. The zero-order valence-corrected chi connectivity index (χ0v) is 44.1. The van der Waals surface area contributed by atoms with Crippen LogP contribution in [0.3, 0.4) is 0 Å². The number of hydrogen-bond donors (Lipinski definition) is 7. The summed E-state index contributed by atoms with van der Waals surface area (Å²) in [5.74, 6) is -6.56. The van der Waals surface area contributed by atoms with E-state index in [4.69, 9.17) is 25.3 Å². The van der Waals surface area contributed by atoms with Crippen molar-refractivity contribution in [1.29, 1.82) is 10.8 Å². The number of hydrogen-bond acceptors (Lipinski definition) is 15. The Balaban J connectivity index is 1.19. The number of aromatic nitrogens is 1. The van der Waals surface area contributed by atoms with Gasteiger partial charge < -0.3 is 44.9 Å². The third kappa shape index (κ3) is 13.8. The van der Waals surface area contributed by atoms with Crippen LogP contribution < -0.4 is 26.3 Å². The molecule has 2 unspecified atom stereocenters. The van der Waals surface area contributed by atoms with Gasteiger partial charge in [0.25, 0.3) is 5.91 Å². The van der Waals surface area contributed by atoms with Crippen LogP contribution in [0.2, 0.25) is 0 Å². The number of carbonyl (C=O) groups excluding carboxylic acids is 4. The number of pyridine rings is 1. The van der Waals surface area contributed by atoms with Gasteiger partial charge in [0.1, 0.15) is 29.5 Å². The summed E-state index contributed by atoms with van der Waals surface area (Å²) in [4.78, 5) is 62.6. The molecule has 7 N–H and O–H groups in total. The predicted octanol–water partition coefficient (Wildman–Crippen LogP) is 6.36. The van der Waals surface area contributed by atoms with Crippen molar-refractivity contribution in [1.82, 2.24) is 36.3 Å². The van der Waals surface area contributed by atoms with Gasteiger partial charge >= 0.3 is 24.5 Å². The number of amides is 4. The van der Waals surface area contributed by atoms with Crippen LogP contribution in [0.15, 0.2) is 54.7 Å². The molecule has 1 saturated carbocycles. The van der Waals surface area contributed by atoms with Crippen LogP contribution in [0.1, 0.15) is 70.1 Å². The molecule has 4 amide bonds. The maximum Gasteiger partial charge on any atom is 0.407 e. The number of alkyl halides is 6. The van der Waals surface area contributed by atoms with E-state index in [-0.39, 0.29) is 11.8 Å². The fourth-order valence-electron chi connectivity index (χ4n) is 9.72. The second-order valence-corrected chi connectivity index (χ2v) is 21.3. The fourth-order valence-corrected chi connectivity index (χ4v) is 9.72. The van der Waals surface area contributed by atoms with Crippen LogP contribution in [-0.4, -0.2) is 158 Å². The van der Waals surface area contributed by atoms with Crippen molar-refractivity contribution in [2.45, 2.75) is 121 Å². The molecule has 19 nitrogen and oxygen atoms in total. The largest absolute Gasteiger partial charge is 0.453 e. The van der Waals surface area contributed by atoms with Gasteiger partial charge in [-0.2, -0.15) is 26.3 Å². The van der Waals surface area contributed by atoms with Gasteiger partial charge in [0.15, 0.2) is 5.90 Å². The summed E-state index contributed by atoms with van der Waals surface area (Å²) in [6.07, 6.45) is -10.8. The normalized spacial score (nSPS) is 19.6. The van der Waals surface area contributed by atoms with E-state index in [0.717, 1.165) is 59.2 Å². The van der Waals surface area contributed by atoms with E-state index < -0.39 is 120 Å². The average molecular weight is 1130 g/mol. The number of carbonyl (C=O) groups is 4. The smallest absolute Gasteiger partial charge is 0.407 e. The van der Waals surface area contributed by atoms with Gasteiger partial charge in [0.05, 0.1) is 56.5 Å². The predicted molar refractivity (Wildman–Crippen MR) is 268 cm³/mol. The van der Waals surface area contributed by atoms with E-state index in [9.17, 15) is 50.6 Å². The number of hydrazine groups is 1. The molecule has 7 rings (SSSR count). The molecular formula is C52H64F8N10O9. The van der Waals surface area contributed by atoms with Crippen molar-refractivity contribution in [3.63, 3.8) is 0 Å². The lowest BCUT2D eigenvalue weighted by Gasteiger charge is -2.48. The number of alkyl carbamates (subject to hydrolysis) is 2. The number of aliphatic hydroxyl groups is 1. The number of aliphatic hydroxyl groups excluding tert-OH is 1. The highest BCUT2D eigenvalue weighted by atomic mass is 19.4. The number of fused-ring (bicyclic) bond motifs is 2. The summed E-state index contributed by atoms with van der Waals surface area (Å²) in [5.41, 5.74) is -3.72. The van der Waals surface area contributed by atoms with Crippen LogP contribution in [0.5, 0.6) is 0 Å². The third-order valence-electron chi connectivity index (χ3n) is 15.1. The first-order chi connectivity index (χ1) is 37.0. The number of methoxy groups -OCH3 is 2. The van der Waals surface area contributed by atoms with Gasteiger partial charge in [-0.15, -0.1) is 0 Å². The molecule has 4 heterocycles. The van der Waals surface area contributed by atoms with E-state index in [1.165, 1.54) is 0 Å². The Hall–Kier alpha value is -6.71. The van der Waals surface area contributed by atoms with Crippen LogP contribution >= 0.6 is 0 Å². The van der Waals surface area contributed by atoms with Gasteiger partial charge in [-0.25, -0.2) is 28.4 Å². The Labute approximate surface area is 450 Å². The zero-order chi connectivity index (χ0) is 57.9. The lowest BCUT2D eigenvalue weighted by molar-refractivity contribution is -0.221. The minimum Gasteiger partial charge on any atom is -0.453 e. The number of halogens is 8. The molecule has 2 aromatic carbocycles. The molecule has 1 aliphatic carbocycles.